The van der Waals surface area contributed by atoms with Crippen molar-refractivity contribution in [3.63, 3.8) is 0 Å². The number of hydrogen-bond acceptors (Lipinski definition) is 5. The SMILES string of the molecule is CCNS(=O)(=O)c1ccc(-c2cccc3c2CN(C2CCC(=O)NC2=O)C3=O)cc1Cl. The number of piperidine rings is 1. The summed E-state index contributed by atoms with van der Waals surface area (Å²) in [6.07, 6.45) is 0.462. The molecule has 162 valence electrons. The number of benzene rings is 2. The van der Waals surface area contributed by atoms with E-state index < -0.39 is 22.0 Å². The van der Waals surface area contributed by atoms with Crippen LogP contribution < -0.4 is 10.0 Å². The van der Waals surface area contributed by atoms with Crippen molar-refractivity contribution in [1.29, 1.82) is 0 Å². The number of amides is 3. The summed E-state index contributed by atoms with van der Waals surface area (Å²) in [5.41, 5.74) is 2.60. The molecule has 0 aliphatic carbocycles. The number of imide groups is 1. The number of nitrogens with one attached hydrogen (secondary N) is 2. The fraction of sp³-hybridized carbons (Fsp3) is 0.286. The third-order valence-electron chi connectivity index (χ3n) is 5.45. The molecule has 1 unspecified atom stereocenters. The summed E-state index contributed by atoms with van der Waals surface area (Å²) >= 11 is 6.28. The Balaban J connectivity index is 1.69. The van der Waals surface area contributed by atoms with E-state index in [0.717, 1.165) is 11.1 Å². The molecule has 2 aromatic carbocycles. The lowest BCUT2D eigenvalue weighted by Crippen LogP contribution is -2.52. The highest BCUT2D eigenvalue weighted by atomic mass is 35.5. The molecule has 31 heavy (non-hydrogen) atoms. The molecule has 0 aromatic heterocycles. The maximum absolute atomic E-state index is 13.0. The van der Waals surface area contributed by atoms with Crippen molar-refractivity contribution in [2.45, 2.75) is 37.2 Å². The van der Waals surface area contributed by atoms with Gasteiger partial charge in [-0.3, -0.25) is 19.7 Å². The van der Waals surface area contributed by atoms with Crippen molar-refractivity contribution in [3.05, 3.63) is 52.5 Å². The van der Waals surface area contributed by atoms with E-state index in [9.17, 15) is 22.8 Å². The maximum atomic E-state index is 13.0. The molecule has 2 aromatic rings. The van der Waals surface area contributed by atoms with Crippen molar-refractivity contribution in [1.82, 2.24) is 14.9 Å². The molecule has 2 heterocycles. The zero-order valence-electron chi connectivity index (χ0n) is 16.6. The third-order valence-corrected chi connectivity index (χ3v) is 7.48. The van der Waals surface area contributed by atoms with Crippen LogP contribution in [0.1, 0.15) is 35.7 Å². The molecule has 10 heteroatoms. The molecule has 1 atom stereocenters. The van der Waals surface area contributed by atoms with E-state index in [1.165, 1.54) is 11.0 Å². The molecule has 1 saturated heterocycles. The fourth-order valence-corrected chi connectivity index (χ4v) is 5.59. The second-order valence-corrected chi connectivity index (χ2v) is 9.52. The number of hydrogen-bond donors (Lipinski definition) is 2. The molecule has 2 N–H and O–H groups in total. The van der Waals surface area contributed by atoms with Crippen molar-refractivity contribution >= 4 is 39.3 Å². The first kappa shape index (κ1) is 21.5. The van der Waals surface area contributed by atoms with Gasteiger partial charge in [-0.15, -0.1) is 0 Å². The van der Waals surface area contributed by atoms with E-state index in [0.29, 0.717) is 11.1 Å². The normalized spacial score (nSPS) is 18.8. The largest absolute Gasteiger partial charge is 0.322 e. The quantitative estimate of drug-likeness (QED) is 0.662. The topological polar surface area (TPSA) is 113 Å². The summed E-state index contributed by atoms with van der Waals surface area (Å²) < 4.78 is 27.0. The Morgan fingerprint density at radius 2 is 1.90 bits per heavy atom. The lowest BCUT2D eigenvalue weighted by molar-refractivity contribution is -0.136. The van der Waals surface area contributed by atoms with Crippen LogP contribution in [-0.2, 0) is 26.2 Å². The Labute approximate surface area is 184 Å². The Bertz CT molecular complexity index is 1210. The predicted molar refractivity (Wildman–Crippen MR) is 114 cm³/mol. The maximum Gasteiger partial charge on any atom is 0.255 e. The molecule has 8 nitrogen and oxygen atoms in total. The summed E-state index contributed by atoms with van der Waals surface area (Å²) in [4.78, 5) is 38.1. The van der Waals surface area contributed by atoms with Gasteiger partial charge in [0, 0.05) is 25.1 Å². The molecular weight excluding hydrogens is 442 g/mol. The van der Waals surface area contributed by atoms with Crippen molar-refractivity contribution in [2.24, 2.45) is 0 Å². The third kappa shape index (κ3) is 3.84. The van der Waals surface area contributed by atoms with Gasteiger partial charge >= 0.3 is 0 Å². The Morgan fingerprint density at radius 1 is 1.16 bits per heavy atom. The summed E-state index contributed by atoms with van der Waals surface area (Å²) in [5.74, 6) is -1.09. The molecule has 3 amide bonds. The lowest BCUT2D eigenvalue weighted by atomic mass is 9.97. The lowest BCUT2D eigenvalue weighted by Gasteiger charge is -2.29. The Hall–Kier alpha value is -2.75. The van der Waals surface area contributed by atoms with Crippen molar-refractivity contribution in [2.75, 3.05) is 6.54 Å². The van der Waals surface area contributed by atoms with E-state index in [-0.39, 0.29) is 47.7 Å². The van der Waals surface area contributed by atoms with Gasteiger partial charge in [-0.05, 0) is 41.3 Å². The van der Waals surface area contributed by atoms with Gasteiger partial charge in [0.1, 0.15) is 10.9 Å². The molecule has 0 saturated carbocycles. The fourth-order valence-electron chi connectivity index (χ4n) is 4.01. The first-order valence-corrected chi connectivity index (χ1v) is 11.6. The molecule has 2 aliphatic rings. The van der Waals surface area contributed by atoms with Crippen LogP contribution in [-0.4, -0.2) is 43.6 Å². The van der Waals surface area contributed by atoms with E-state index in [4.69, 9.17) is 11.6 Å². The Kier molecular flexibility index (Phi) is 5.59. The van der Waals surface area contributed by atoms with Gasteiger partial charge in [-0.1, -0.05) is 36.7 Å². The van der Waals surface area contributed by atoms with Gasteiger partial charge in [-0.25, -0.2) is 13.1 Å². The smallest absolute Gasteiger partial charge is 0.255 e. The van der Waals surface area contributed by atoms with E-state index in [1.54, 1.807) is 31.2 Å². The average Bonchev–Trinajstić information content (AvgIpc) is 3.04. The predicted octanol–water partition coefficient (Wildman–Crippen LogP) is 2.07. The van der Waals surface area contributed by atoms with Crippen LogP contribution in [0.25, 0.3) is 11.1 Å². The molecule has 4 rings (SSSR count). The molecule has 0 bridgehead atoms. The van der Waals surface area contributed by atoms with Gasteiger partial charge in [0.25, 0.3) is 5.91 Å². The van der Waals surface area contributed by atoms with Crippen LogP contribution in [0.5, 0.6) is 0 Å². The zero-order valence-corrected chi connectivity index (χ0v) is 18.2. The number of rotatable bonds is 5. The first-order chi connectivity index (χ1) is 14.7. The highest BCUT2D eigenvalue weighted by molar-refractivity contribution is 7.89. The highest BCUT2D eigenvalue weighted by Gasteiger charge is 2.39. The number of nitrogens with zero attached hydrogens (tertiary/aromatic N) is 1. The second kappa shape index (κ2) is 8.07. The van der Waals surface area contributed by atoms with Crippen LogP contribution in [0.4, 0.5) is 0 Å². The number of sulfonamides is 1. The van der Waals surface area contributed by atoms with E-state index in [2.05, 4.69) is 10.0 Å². The highest BCUT2D eigenvalue weighted by Crippen LogP contribution is 2.36. The number of carbonyl (C=O) groups excluding carboxylic acids is 3. The minimum Gasteiger partial charge on any atom is -0.322 e. The van der Waals surface area contributed by atoms with Gasteiger partial charge in [-0.2, -0.15) is 0 Å². The second-order valence-electron chi connectivity index (χ2n) is 7.38. The minimum atomic E-state index is -3.71. The molecule has 2 aliphatic heterocycles. The van der Waals surface area contributed by atoms with Crippen molar-refractivity contribution in [3.8, 4) is 11.1 Å². The van der Waals surface area contributed by atoms with Crippen LogP contribution in [0.15, 0.2) is 41.3 Å². The van der Waals surface area contributed by atoms with Crippen LogP contribution in [0, 0.1) is 0 Å². The molecular formula is C21H20ClN3O5S. The molecule has 0 spiro atoms. The van der Waals surface area contributed by atoms with E-state index in [1.807, 2.05) is 6.07 Å². The van der Waals surface area contributed by atoms with Gasteiger partial charge in [0.2, 0.25) is 21.8 Å². The summed E-state index contributed by atoms with van der Waals surface area (Å²) in [6, 6.07) is 9.18. The van der Waals surface area contributed by atoms with Gasteiger partial charge in [0.15, 0.2) is 0 Å². The zero-order chi connectivity index (χ0) is 22.3. The summed E-state index contributed by atoms with van der Waals surface area (Å²) in [5, 5.41) is 2.36. The Morgan fingerprint density at radius 3 is 2.58 bits per heavy atom. The van der Waals surface area contributed by atoms with Crippen LogP contribution in [0.3, 0.4) is 0 Å². The van der Waals surface area contributed by atoms with Gasteiger partial charge in [0.05, 0.1) is 5.02 Å². The molecule has 0 radical (unpaired) electrons. The monoisotopic (exact) mass is 461 g/mol. The standard InChI is InChI=1S/C21H20ClN3O5S/c1-2-23-31(29,30)18-8-6-12(10-16(18)22)13-4-3-5-14-15(13)11-25(21(14)28)17-7-9-19(26)24-20(17)27/h3-6,8,10,17,23H,2,7,9,11H2,1H3,(H,24,26,27). The van der Waals surface area contributed by atoms with Gasteiger partial charge < -0.3 is 4.90 Å². The number of halogens is 1. The van der Waals surface area contributed by atoms with Crippen molar-refractivity contribution < 1.29 is 22.8 Å². The van der Waals surface area contributed by atoms with Crippen LogP contribution >= 0.6 is 11.6 Å². The first-order valence-electron chi connectivity index (χ1n) is 9.79. The van der Waals surface area contributed by atoms with E-state index >= 15 is 0 Å². The number of fused-ring (bicyclic) bond motifs is 1. The summed E-state index contributed by atoms with van der Waals surface area (Å²) in [6.45, 7) is 2.13. The van der Waals surface area contributed by atoms with Crippen LogP contribution in [0.2, 0.25) is 5.02 Å². The number of carbonyl (C=O) groups is 3. The molecule has 1 fully saturated rings. The minimum absolute atomic E-state index is 0.0198. The summed E-state index contributed by atoms with van der Waals surface area (Å²) in [7, 11) is -3.71. The average molecular weight is 462 g/mol.